The van der Waals surface area contributed by atoms with E-state index in [1.807, 2.05) is 31.2 Å². The third kappa shape index (κ3) is 2.54. The van der Waals surface area contributed by atoms with Gasteiger partial charge in [-0.05, 0) is 18.6 Å². The molecular weight excluding hydrogens is 254 g/mol. The highest BCUT2D eigenvalue weighted by Crippen LogP contribution is 2.27. The Morgan fingerprint density at radius 2 is 2.15 bits per heavy atom. The number of nitrogens with zero attached hydrogens (tertiary/aromatic N) is 3. The van der Waals surface area contributed by atoms with Crippen LogP contribution in [0.5, 0.6) is 0 Å². The third-order valence-corrected chi connectivity index (χ3v) is 3.27. The number of carboxylic acid groups (broad SMARTS) is 1. The van der Waals surface area contributed by atoms with E-state index in [1.165, 1.54) is 0 Å². The maximum absolute atomic E-state index is 10.7. The zero-order chi connectivity index (χ0) is 14.7. The number of nitriles is 1. The zero-order valence-corrected chi connectivity index (χ0v) is 11.4. The van der Waals surface area contributed by atoms with Crippen molar-refractivity contribution in [3.05, 3.63) is 35.4 Å². The third-order valence-electron chi connectivity index (χ3n) is 3.27. The second kappa shape index (κ2) is 5.57. The summed E-state index contributed by atoms with van der Waals surface area (Å²) in [6, 6.07) is 9.79. The Bertz CT molecular complexity index is 704. The second-order valence-corrected chi connectivity index (χ2v) is 4.63. The van der Waals surface area contributed by atoms with Crippen LogP contribution in [0.2, 0.25) is 0 Å². The lowest BCUT2D eigenvalue weighted by Gasteiger charge is -2.20. The normalized spacial score (nSPS) is 10.2. The monoisotopic (exact) mass is 269 g/mol. The molecule has 5 heteroatoms. The fourth-order valence-electron chi connectivity index (χ4n) is 2.14. The number of rotatable bonds is 4. The van der Waals surface area contributed by atoms with Crippen LogP contribution in [0.25, 0.3) is 10.9 Å². The Labute approximate surface area is 117 Å². The number of hydrogen-bond donors (Lipinski definition) is 1. The average Bonchev–Trinajstić information content (AvgIpc) is 2.44. The van der Waals surface area contributed by atoms with Gasteiger partial charge in [0, 0.05) is 19.0 Å². The van der Waals surface area contributed by atoms with E-state index >= 15 is 0 Å². The van der Waals surface area contributed by atoms with Gasteiger partial charge < -0.3 is 10.0 Å². The number of fused-ring (bicyclic) bond motifs is 1. The van der Waals surface area contributed by atoms with Crippen molar-refractivity contribution in [2.75, 3.05) is 18.5 Å². The quantitative estimate of drug-likeness (QED) is 0.921. The Balaban J connectivity index is 2.52. The molecular formula is C15H15N3O2. The molecule has 2 aromatic rings. The highest BCUT2D eigenvalue weighted by atomic mass is 16.4. The van der Waals surface area contributed by atoms with E-state index in [2.05, 4.69) is 11.1 Å². The van der Waals surface area contributed by atoms with Crippen molar-refractivity contribution >= 4 is 22.7 Å². The van der Waals surface area contributed by atoms with E-state index in [-0.39, 0.29) is 6.42 Å². The molecule has 0 saturated carbocycles. The lowest BCUT2D eigenvalue weighted by Crippen LogP contribution is -2.23. The molecule has 0 fully saturated rings. The van der Waals surface area contributed by atoms with Gasteiger partial charge in [-0.15, -0.1) is 0 Å². The maximum Gasteiger partial charge on any atom is 0.305 e. The molecule has 0 amide bonds. The van der Waals surface area contributed by atoms with Crippen molar-refractivity contribution in [3.8, 4) is 6.07 Å². The lowest BCUT2D eigenvalue weighted by molar-refractivity contribution is -0.136. The van der Waals surface area contributed by atoms with Crippen molar-refractivity contribution < 1.29 is 9.90 Å². The van der Waals surface area contributed by atoms with Crippen molar-refractivity contribution in [2.45, 2.75) is 13.3 Å². The molecule has 5 nitrogen and oxygen atoms in total. The van der Waals surface area contributed by atoms with Gasteiger partial charge in [-0.3, -0.25) is 4.79 Å². The number of carbonyl (C=O) groups is 1. The summed E-state index contributed by atoms with van der Waals surface area (Å²) in [5.41, 5.74) is 2.17. The molecule has 0 aliphatic rings. The summed E-state index contributed by atoms with van der Waals surface area (Å²) in [5.74, 6) is -0.335. The van der Waals surface area contributed by atoms with E-state index in [4.69, 9.17) is 5.11 Å². The largest absolute Gasteiger partial charge is 0.481 e. The molecule has 0 unspecified atom stereocenters. The van der Waals surface area contributed by atoms with E-state index in [0.29, 0.717) is 17.9 Å². The Kier molecular flexibility index (Phi) is 3.85. The Morgan fingerprint density at radius 3 is 2.80 bits per heavy atom. The van der Waals surface area contributed by atoms with E-state index in [0.717, 1.165) is 16.5 Å². The van der Waals surface area contributed by atoms with Gasteiger partial charge in [0.15, 0.2) is 0 Å². The summed E-state index contributed by atoms with van der Waals surface area (Å²) in [6.07, 6.45) is 0.00885. The molecule has 102 valence electrons. The second-order valence-electron chi connectivity index (χ2n) is 4.63. The summed E-state index contributed by atoms with van der Waals surface area (Å²) < 4.78 is 0. The molecule has 0 radical (unpaired) electrons. The summed E-state index contributed by atoms with van der Waals surface area (Å²) in [7, 11) is 1.75. The minimum atomic E-state index is -0.868. The van der Waals surface area contributed by atoms with Crippen molar-refractivity contribution in [2.24, 2.45) is 0 Å². The summed E-state index contributed by atoms with van der Waals surface area (Å²) in [4.78, 5) is 16.9. The smallest absolute Gasteiger partial charge is 0.305 e. The van der Waals surface area contributed by atoms with Gasteiger partial charge in [0.05, 0.1) is 17.5 Å². The fraction of sp³-hybridized carbons (Fsp3) is 0.267. The van der Waals surface area contributed by atoms with Gasteiger partial charge in [0.25, 0.3) is 0 Å². The van der Waals surface area contributed by atoms with E-state index in [1.54, 1.807) is 11.9 Å². The number of aromatic nitrogens is 1. The van der Waals surface area contributed by atoms with Gasteiger partial charge >= 0.3 is 5.97 Å². The van der Waals surface area contributed by atoms with Crippen LogP contribution < -0.4 is 4.90 Å². The predicted octanol–water partition coefficient (Wildman–Crippen LogP) is 2.33. The van der Waals surface area contributed by atoms with Gasteiger partial charge in [0.2, 0.25) is 0 Å². The van der Waals surface area contributed by atoms with E-state index in [9.17, 15) is 10.1 Å². The number of pyridine rings is 1. The predicted molar refractivity (Wildman–Crippen MR) is 76.7 cm³/mol. The van der Waals surface area contributed by atoms with Crippen LogP contribution in [0.3, 0.4) is 0 Å². The molecule has 0 aliphatic heterocycles. The molecule has 0 spiro atoms. The topological polar surface area (TPSA) is 77.2 Å². The highest BCUT2D eigenvalue weighted by molar-refractivity contribution is 5.87. The first-order valence-electron chi connectivity index (χ1n) is 6.27. The van der Waals surface area contributed by atoms with Crippen LogP contribution in [-0.4, -0.2) is 29.7 Å². The van der Waals surface area contributed by atoms with Crippen LogP contribution in [0.1, 0.15) is 17.5 Å². The first kappa shape index (κ1) is 13.8. The maximum atomic E-state index is 10.7. The number of anilines is 1. The number of hydrogen-bond acceptors (Lipinski definition) is 4. The molecule has 1 aromatic carbocycles. The van der Waals surface area contributed by atoms with Gasteiger partial charge in [-0.25, -0.2) is 4.98 Å². The zero-order valence-electron chi connectivity index (χ0n) is 11.4. The first-order valence-corrected chi connectivity index (χ1v) is 6.27. The molecule has 20 heavy (non-hydrogen) atoms. The Hall–Kier alpha value is -2.61. The average molecular weight is 269 g/mol. The molecule has 1 aromatic heterocycles. The number of aliphatic carboxylic acids is 1. The molecule has 0 atom stereocenters. The lowest BCUT2D eigenvalue weighted by atomic mass is 10.0. The number of aryl methyl sites for hydroxylation is 1. The van der Waals surface area contributed by atoms with Crippen LogP contribution in [0.15, 0.2) is 24.3 Å². The van der Waals surface area contributed by atoms with Gasteiger partial charge in [-0.1, -0.05) is 18.2 Å². The molecule has 0 aliphatic carbocycles. The molecule has 1 N–H and O–H groups in total. The van der Waals surface area contributed by atoms with Crippen molar-refractivity contribution in [1.29, 1.82) is 5.26 Å². The van der Waals surface area contributed by atoms with Crippen molar-refractivity contribution in [1.82, 2.24) is 4.98 Å². The summed E-state index contributed by atoms with van der Waals surface area (Å²) >= 11 is 0. The minimum absolute atomic E-state index is 0.00885. The molecule has 1 heterocycles. The fourth-order valence-corrected chi connectivity index (χ4v) is 2.14. The number of carboxylic acids is 1. The van der Waals surface area contributed by atoms with Crippen LogP contribution >= 0.6 is 0 Å². The van der Waals surface area contributed by atoms with Crippen molar-refractivity contribution in [3.63, 3.8) is 0 Å². The molecule has 0 bridgehead atoms. The van der Waals surface area contributed by atoms with Crippen LogP contribution in [0.4, 0.5) is 5.82 Å². The highest BCUT2D eigenvalue weighted by Gasteiger charge is 2.15. The SMILES string of the molecule is Cc1c(C#N)c(N(C)CCC(=O)O)nc2ccccc12. The van der Waals surface area contributed by atoms with Gasteiger partial charge in [-0.2, -0.15) is 5.26 Å². The standard InChI is InChI=1S/C15H15N3O2/c1-10-11-5-3-4-6-13(11)17-15(12(10)9-16)18(2)8-7-14(19)20/h3-6H,7-8H2,1-2H3,(H,19,20). The summed E-state index contributed by atoms with van der Waals surface area (Å²) in [5, 5.41) is 19.0. The summed E-state index contributed by atoms with van der Waals surface area (Å²) in [6.45, 7) is 2.20. The molecule has 0 saturated heterocycles. The number of para-hydroxylation sites is 1. The van der Waals surface area contributed by atoms with E-state index < -0.39 is 5.97 Å². The number of benzene rings is 1. The first-order chi connectivity index (χ1) is 9.54. The molecule has 2 rings (SSSR count). The van der Waals surface area contributed by atoms with Gasteiger partial charge in [0.1, 0.15) is 11.9 Å². The Morgan fingerprint density at radius 1 is 1.45 bits per heavy atom. The van der Waals surface area contributed by atoms with Crippen LogP contribution in [0, 0.1) is 18.3 Å². The minimum Gasteiger partial charge on any atom is -0.481 e. The van der Waals surface area contributed by atoms with Crippen LogP contribution in [-0.2, 0) is 4.79 Å².